The predicted molar refractivity (Wildman–Crippen MR) is 56.7 cm³/mol. The molecule has 0 aromatic rings. The van der Waals surface area contributed by atoms with E-state index in [9.17, 15) is 0 Å². The van der Waals surface area contributed by atoms with Gasteiger partial charge >= 0.3 is 0 Å². The maximum Gasteiger partial charge on any atom is 0.0580 e. The molecule has 0 aromatic heterocycles. The fraction of sp³-hybridized carbons (Fsp3) is 1.00. The van der Waals surface area contributed by atoms with Gasteiger partial charge in [0.25, 0.3) is 0 Å². The Labute approximate surface area is 82.9 Å². The summed E-state index contributed by atoms with van der Waals surface area (Å²) in [6, 6.07) is 0. The molecule has 1 saturated carbocycles. The first-order chi connectivity index (χ1) is 5.70. The van der Waals surface area contributed by atoms with Crippen LogP contribution in [0.3, 0.4) is 0 Å². The molecule has 5 atom stereocenters. The molecule has 0 aromatic carbocycles. The lowest BCUT2D eigenvalue weighted by molar-refractivity contribution is -0.0519. The van der Waals surface area contributed by atoms with E-state index in [1.807, 2.05) is 0 Å². The van der Waals surface area contributed by atoms with Crippen LogP contribution in [-0.4, -0.2) is 12.7 Å². The van der Waals surface area contributed by atoms with E-state index in [0.717, 1.165) is 30.3 Å². The van der Waals surface area contributed by atoms with Gasteiger partial charge in [-0.1, -0.05) is 21.3 Å². The van der Waals surface area contributed by atoms with Crippen LogP contribution >= 0.6 is 0 Å². The minimum Gasteiger partial charge on any atom is -0.378 e. The molecule has 0 radical (unpaired) electrons. The van der Waals surface area contributed by atoms with Gasteiger partial charge in [0, 0.05) is 6.61 Å². The van der Waals surface area contributed by atoms with Crippen LogP contribution in [0.25, 0.3) is 0 Å². The van der Waals surface area contributed by atoms with Crippen molar-refractivity contribution in [2.24, 2.45) is 23.7 Å². The topological polar surface area (TPSA) is 9.23 Å². The SMILES string of the molecule is C.CC1CC(C)C2C(C)OCCC12. The van der Waals surface area contributed by atoms with E-state index in [-0.39, 0.29) is 7.43 Å². The first-order valence-electron chi connectivity index (χ1n) is 5.31. The van der Waals surface area contributed by atoms with Gasteiger partial charge in [0.15, 0.2) is 0 Å². The van der Waals surface area contributed by atoms with Gasteiger partial charge in [-0.2, -0.15) is 0 Å². The summed E-state index contributed by atoms with van der Waals surface area (Å²) in [5.41, 5.74) is 0. The standard InChI is InChI=1S/C11H20O.CH4/c1-7-6-8(2)11-9(3)12-5-4-10(7)11;/h7-11H,4-6H2,1-3H3;1H4. The molecule has 5 unspecified atom stereocenters. The van der Waals surface area contributed by atoms with Gasteiger partial charge in [-0.3, -0.25) is 0 Å². The van der Waals surface area contributed by atoms with Crippen molar-refractivity contribution in [1.82, 2.24) is 0 Å². The molecule has 1 nitrogen and oxygen atoms in total. The summed E-state index contributed by atoms with van der Waals surface area (Å²) >= 11 is 0. The van der Waals surface area contributed by atoms with Gasteiger partial charge in [0.1, 0.15) is 0 Å². The summed E-state index contributed by atoms with van der Waals surface area (Å²) in [7, 11) is 0. The zero-order valence-corrected chi connectivity index (χ0v) is 8.42. The minimum absolute atomic E-state index is 0. The second kappa shape index (κ2) is 4.00. The molecular formula is C12H24O. The zero-order valence-electron chi connectivity index (χ0n) is 8.42. The molecule has 78 valence electrons. The van der Waals surface area contributed by atoms with Crippen LogP contribution in [0.5, 0.6) is 0 Å². The van der Waals surface area contributed by atoms with Crippen LogP contribution in [0.2, 0.25) is 0 Å². The Morgan fingerprint density at radius 1 is 1.08 bits per heavy atom. The Hall–Kier alpha value is -0.0400. The Balaban J connectivity index is 0.000000845. The van der Waals surface area contributed by atoms with Gasteiger partial charge in [-0.15, -0.1) is 0 Å². The molecule has 2 aliphatic rings. The molecule has 1 heterocycles. The molecule has 0 spiro atoms. The number of hydrogen-bond donors (Lipinski definition) is 0. The van der Waals surface area contributed by atoms with E-state index in [1.54, 1.807) is 0 Å². The van der Waals surface area contributed by atoms with Gasteiger partial charge in [-0.25, -0.2) is 0 Å². The lowest BCUT2D eigenvalue weighted by atomic mass is 9.80. The summed E-state index contributed by atoms with van der Waals surface area (Å²) in [6.45, 7) is 8.07. The Kier molecular flexibility index (Phi) is 3.39. The molecule has 1 heteroatoms. The van der Waals surface area contributed by atoms with Crippen LogP contribution in [-0.2, 0) is 4.74 Å². The molecule has 13 heavy (non-hydrogen) atoms. The van der Waals surface area contributed by atoms with Gasteiger partial charge < -0.3 is 4.74 Å². The first-order valence-corrected chi connectivity index (χ1v) is 5.31. The van der Waals surface area contributed by atoms with Crippen LogP contribution in [0.1, 0.15) is 41.0 Å². The summed E-state index contributed by atoms with van der Waals surface area (Å²) in [5.74, 6) is 3.65. The average Bonchev–Trinajstić information content (AvgIpc) is 2.29. The van der Waals surface area contributed by atoms with Crippen molar-refractivity contribution in [3.63, 3.8) is 0 Å². The van der Waals surface area contributed by atoms with Crippen LogP contribution in [0, 0.1) is 23.7 Å². The van der Waals surface area contributed by atoms with E-state index in [1.165, 1.54) is 12.8 Å². The second-order valence-electron chi connectivity index (χ2n) is 4.80. The third kappa shape index (κ3) is 1.76. The smallest absolute Gasteiger partial charge is 0.0580 e. The summed E-state index contributed by atoms with van der Waals surface area (Å²) < 4.78 is 5.71. The van der Waals surface area contributed by atoms with Crippen molar-refractivity contribution in [3.05, 3.63) is 0 Å². The Bertz CT molecular complexity index is 163. The Morgan fingerprint density at radius 3 is 2.38 bits per heavy atom. The van der Waals surface area contributed by atoms with Crippen molar-refractivity contribution in [1.29, 1.82) is 0 Å². The average molecular weight is 184 g/mol. The molecule has 0 bridgehead atoms. The maximum absolute atomic E-state index is 5.71. The molecule has 1 saturated heterocycles. The number of rotatable bonds is 0. The lowest BCUT2D eigenvalue weighted by Crippen LogP contribution is -2.35. The predicted octanol–water partition coefficient (Wildman–Crippen LogP) is 3.34. The molecule has 0 N–H and O–H groups in total. The van der Waals surface area contributed by atoms with E-state index in [0.29, 0.717) is 6.10 Å². The van der Waals surface area contributed by atoms with Crippen LogP contribution in [0.4, 0.5) is 0 Å². The molecule has 0 amide bonds. The third-order valence-electron chi connectivity index (χ3n) is 4.00. The second-order valence-corrected chi connectivity index (χ2v) is 4.80. The zero-order chi connectivity index (χ0) is 8.72. The van der Waals surface area contributed by atoms with Gasteiger partial charge in [0.2, 0.25) is 0 Å². The quantitative estimate of drug-likeness (QED) is 0.561. The Morgan fingerprint density at radius 2 is 1.77 bits per heavy atom. The van der Waals surface area contributed by atoms with E-state index < -0.39 is 0 Å². The fourth-order valence-corrected chi connectivity index (χ4v) is 3.51. The first kappa shape index (κ1) is 11.0. The molecule has 2 fully saturated rings. The highest BCUT2D eigenvalue weighted by Crippen LogP contribution is 2.47. The van der Waals surface area contributed by atoms with Gasteiger partial charge in [0.05, 0.1) is 6.10 Å². The number of hydrogen-bond acceptors (Lipinski definition) is 1. The maximum atomic E-state index is 5.71. The summed E-state index contributed by atoms with van der Waals surface area (Å²) in [5, 5.41) is 0. The van der Waals surface area contributed by atoms with Gasteiger partial charge in [-0.05, 0) is 43.4 Å². The van der Waals surface area contributed by atoms with E-state index in [4.69, 9.17) is 4.74 Å². The molecular weight excluding hydrogens is 160 g/mol. The molecule has 1 aliphatic carbocycles. The number of fused-ring (bicyclic) bond motifs is 1. The molecule has 1 aliphatic heterocycles. The van der Waals surface area contributed by atoms with E-state index >= 15 is 0 Å². The summed E-state index contributed by atoms with van der Waals surface area (Å²) in [6.07, 6.45) is 3.24. The number of ether oxygens (including phenoxy) is 1. The minimum atomic E-state index is 0. The highest BCUT2D eigenvalue weighted by atomic mass is 16.5. The summed E-state index contributed by atoms with van der Waals surface area (Å²) in [4.78, 5) is 0. The van der Waals surface area contributed by atoms with E-state index in [2.05, 4.69) is 20.8 Å². The third-order valence-corrected chi connectivity index (χ3v) is 4.00. The highest BCUT2D eigenvalue weighted by molar-refractivity contribution is 4.92. The van der Waals surface area contributed by atoms with Crippen molar-refractivity contribution in [2.75, 3.05) is 6.61 Å². The van der Waals surface area contributed by atoms with Crippen LogP contribution < -0.4 is 0 Å². The van der Waals surface area contributed by atoms with Crippen molar-refractivity contribution < 1.29 is 4.74 Å². The fourth-order valence-electron chi connectivity index (χ4n) is 3.51. The lowest BCUT2D eigenvalue weighted by Gasteiger charge is -2.35. The van der Waals surface area contributed by atoms with Crippen molar-refractivity contribution in [2.45, 2.75) is 47.1 Å². The van der Waals surface area contributed by atoms with Crippen molar-refractivity contribution >= 4 is 0 Å². The molecule has 2 rings (SSSR count). The van der Waals surface area contributed by atoms with Crippen molar-refractivity contribution in [3.8, 4) is 0 Å². The monoisotopic (exact) mass is 184 g/mol. The van der Waals surface area contributed by atoms with Crippen LogP contribution in [0.15, 0.2) is 0 Å². The largest absolute Gasteiger partial charge is 0.378 e. The normalized spacial score (nSPS) is 49.6. The highest BCUT2D eigenvalue weighted by Gasteiger charge is 2.43.